The highest BCUT2D eigenvalue weighted by atomic mass is 32.2. The molecule has 0 spiro atoms. The first-order valence-electron chi connectivity index (χ1n) is 9.99. The van der Waals surface area contributed by atoms with Crippen molar-refractivity contribution in [3.8, 4) is 11.1 Å². The Morgan fingerprint density at radius 3 is 2.67 bits per heavy atom. The van der Waals surface area contributed by atoms with Crippen molar-refractivity contribution in [1.29, 1.82) is 0 Å². The van der Waals surface area contributed by atoms with E-state index in [4.69, 9.17) is 4.42 Å². The lowest BCUT2D eigenvalue weighted by molar-refractivity contribution is 0.566. The van der Waals surface area contributed by atoms with Gasteiger partial charge in [-0.05, 0) is 66.9 Å². The third kappa shape index (κ3) is 4.63. The maximum atomic E-state index is 13.9. The Bertz CT molecular complexity index is 1420. The number of nitrogens with zero attached hydrogens (tertiary/aromatic N) is 3. The summed E-state index contributed by atoms with van der Waals surface area (Å²) in [6, 6.07) is 16.9. The summed E-state index contributed by atoms with van der Waals surface area (Å²) in [5.41, 5.74) is 4.61. The van der Waals surface area contributed by atoms with Crippen molar-refractivity contribution in [3.63, 3.8) is 0 Å². The minimum Gasteiger partial charge on any atom is -0.423 e. The van der Waals surface area contributed by atoms with Crippen molar-refractivity contribution < 1.29 is 13.2 Å². The lowest BCUT2D eigenvalue weighted by Gasteiger charge is -2.11. The normalized spacial score (nSPS) is 11.0. The predicted molar refractivity (Wildman–Crippen MR) is 125 cm³/mol. The van der Waals surface area contributed by atoms with Crippen molar-refractivity contribution in [2.75, 3.05) is 10.0 Å². The molecule has 164 valence electrons. The summed E-state index contributed by atoms with van der Waals surface area (Å²) in [7, 11) is 0. The van der Waals surface area contributed by atoms with Gasteiger partial charge in [-0.3, -0.25) is 10.3 Å². The summed E-state index contributed by atoms with van der Waals surface area (Å²) < 4.78 is 35.9. The Kier molecular flexibility index (Phi) is 5.62. The number of anilines is 3. The largest absolute Gasteiger partial charge is 0.423 e. The first-order chi connectivity index (χ1) is 16.0. The first-order valence-corrected chi connectivity index (χ1v) is 10.8. The van der Waals surface area contributed by atoms with Gasteiger partial charge < -0.3 is 9.14 Å². The average Bonchev–Trinajstić information content (AvgIpc) is 3.22. The van der Waals surface area contributed by atoms with Crippen molar-refractivity contribution in [2.45, 2.75) is 11.8 Å². The number of para-hydroxylation sites is 2. The fourth-order valence-electron chi connectivity index (χ4n) is 3.18. The van der Waals surface area contributed by atoms with Crippen LogP contribution >= 0.6 is 11.9 Å². The third-order valence-electron chi connectivity index (χ3n) is 4.87. The van der Waals surface area contributed by atoms with Gasteiger partial charge in [-0.2, -0.15) is 4.98 Å². The van der Waals surface area contributed by atoms with Crippen LogP contribution in [0.1, 0.15) is 5.69 Å². The minimum atomic E-state index is -0.627. The van der Waals surface area contributed by atoms with Crippen LogP contribution in [0, 0.1) is 18.6 Å². The number of hydrogen-bond acceptors (Lipinski definition) is 7. The molecule has 9 heteroatoms. The van der Waals surface area contributed by atoms with Gasteiger partial charge >= 0.3 is 6.01 Å². The zero-order chi connectivity index (χ0) is 22.8. The standard InChI is InChI=1S/C24H17F2N5OS/c1-14-20(31-33-22-7-6-17(25)12-18(22)26)10-16(13-28-14)15-8-9-27-23(11-15)30-24-29-19-4-2-3-5-21(19)32-24/h2-13,31H,1H3,(H,27,29,30). The Hall–Kier alpha value is -3.98. The van der Waals surface area contributed by atoms with E-state index < -0.39 is 11.6 Å². The number of aryl methyl sites for hydroxylation is 1. The van der Waals surface area contributed by atoms with Crippen LogP contribution in [0.5, 0.6) is 0 Å². The van der Waals surface area contributed by atoms with E-state index >= 15 is 0 Å². The molecule has 5 aromatic rings. The van der Waals surface area contributed by atoms with E-state index in [1.807, 2.05) is 49.4 Å². The fraction of sp³-hybridized carbons (Fsp3) is 0.0417. The maximum Gasteiger partial charge on any atom is 0.301 e. The van der Waals surface area contributed by atoms with Crippen LogP contribution in [0.3, 0.4) is 0 Å². The van der Waals surface area contributed by atoms with Gasteiger partial charge in [0.2, 0.25) is 0 Å². The van der Waals surface area contributed by atoms with Crippen LogP contribution in [0.25, 0.3) is 22.2 Å². The van der Waals surface area contributed by atoms with E-state index in [0.29, 0.717) is 23.1 Å². The van der Waals surface area contributed by atoms with Crippen LogP contribution in [0.15, 0.2) is 82.4 Å². The summed E-state index contributed by atoms with van der Waals surface area (Å²) in [5, 5.41) is 3.09. The zero-order valence-electron chi connectivity index (χ0n) is 17.3. The molecule has 3 heterocycles. The molecule has 2 N–H and O–H groups in total. The molecule has 0 amide bonds. The molecule has 0 aliphatic heterocycles. The van der Waals surface area contributed by atoms with E-state index in [9.17, 15) is 8.78 Å². The number of benzene rings is 2. The summed E-state index contributed by atoms with van der Waals surface area (Å²) in [6.45, 7) is 1.85. The van der Waals surface area contributed by atoms with E-state index in [2.05, 4.69) is 25.0 Å². The minimum absolute atomic E-state index is 0.287. The molecule has 0 saturated heterocycles. The molecule has 0 radical (unpaired) electrons. The van der Waals surface area contributed by atoms with Crippen LogP contribution in [0.2, 0.25) is 0 Å². The van der Waals surface area contributed by atoms with Crippen molar-refractivity contribution >= 4 is 40.6 Å². The van der Waals surface area contributed by atoms with Crippen LogP contribution < -0.4 is 10.0 Å². The van der Waals surface area contributed by atoms with Crippen LogP contribution in [-0.2, 0) is 0 Å². The van der Waals surface area contributed by atoms with Crippen LogP contribution in [-0.4, -0.2) is 15.0 Å². The number of oxazole rings is 1. The number of pyridine rings is 2. The van der Waals surface area contributed by atoms with Gasteiger partial charge in [0.25, 0.3) is 0 Å². The predicted octanol–water partition coefficient (Wildman–Crippen LogP) is 6.73. The number of fused-ring (bicyclic) bond motifs is 1. The smallest absolute Gasteiger partial charge is 0.301 e. The monoisotopic (exact) mass is 461 g/mol. The van der Waals surface area contributed by atoms with Gasteiger partial charge in [-0.15, -0.1) is 0 Å². The van der Waals surface area contributed by atoms with Crippen molar-refractivity contribution in [3.05, 3.63) is 90.4 Å². The van der Waals surface area contributed by atoms with Gasteiger partial charge in [-0.1, -0.05) is 12.1 Å². The first kappa shape index (κ1) is 20.9. The molecule has 0 aliphatic rings. The number of aromatic nitrogens is 3. The molecular formula is C24H17F2N5OS. The topological polar surface area (TPSA) is 75.9 Å². The summed E-state index contributed by atoms with van der Waals surface area (Å²) >= 11 is 1.06. The molecule has 0 unspecified atom stereocenters. The molecule has 0 bridgehead atoms. The molecule has 6 nitrogen and oxygen atoms in total. The average molecular weight is 461 g/mol. The second kappa shape index (κ2) is 8.87. The van der Waals surface area contributed by atoms with Crippen molar-refractivity contribution in [1.82, 2.24) is 15.0 Å². The Morgan fingerprint density at radius 2 is 1.82 bits per heavy atom. The molecule has 0 fully saturated rings. The Labute approximate surface area is 192 Å². The molecule has 0 saturated carbocycles. The molecule has 3 aromatic heterocycles. The van der Waals surface area contributed by atoms with E-state index in [1.165, 1.54) is 12.1 Å². The number of halogens is 2. The SMILES string of the molecule is Cc1ncc(-c2ccnc(Nc3nc4ccccc4o3)c2)cc1NSc1ccc(F)cc1F. The maximum absolute atomic E-state index is 13.9. The Balaban J connectivity index is 1.36. The fourth-order valence-corrected chi connectivity index (χ4v) is 3.89. The summed E-state index contributed by atoms with van der Waals surface area (Å²) in [4.78, 5) is 13.5. The van der Waals surface area contributed by atoms with E-state index in [1.54, 1.807) is 12.4 Å². The van der Waals surface area contributed by atoms with Crippen molar-refractivity contribution in [2.24, 2.45) is 0 Å². The van der Waals surface area contributed by atoms with Gasteiger partial charge in [-0.25, -0.2) is 13.8 Å². The highest BCUT2D eigenvalue weighted by molar-refractivity contribution is 8.00. The van der Waals surface area contributed by atoms with Gasteiger partial charge in [0.15, 0.2) is 5.58 Å². The second-order valence-corrected chi connectivity index (χ2v) is 8.03. The summed E-state index contributed by atoms with van der Waals surface area (Å²) in [5.74, 6) is -0.674. The van der Waals surface area contributed by atoms with Gasteiger partial charge in [0.1, 0.15) is 23.0 Å². The number of hydrogen-bond donors (Lipinski definition) is 2. The van der Waals surface area contributed by atoms with E-state index in [0.717, 1.165) is 40.4 Å². The van der Waals surface area contributed by atoms with E-state index in [-0.39, 0.29) is 4.90 Å². The highest BCUT2D eigenvalue weighted by Gasteiger charge is 2.10. The lowest BCUT2D eigenvalue weighted by atomic mass is 10.1. The Morgan fingerprint density at radius 1 is 0.939 bits per heavy atom. The number of nitrogens with one attached hydrogen (secondary N) is 2. The zero-order valence-corrected chi connectivity index (χ0v) is 18.2. The lowest BCUT2D eigenvalue weighted by Crippen LogP contribution is -1.97. The second-order valence-electron chi connectivity index (χ2n) is 7.18. The molecule has 0 aliphatic carbocycles. The molecule has 33 heavy (non-hydrogen) atoms. The molecule has 0 atom stereocenters. The van der Waals surface area contributed by atoms with Gasteiger partial charge in [0, 0.05) is 24.0 Å². The highest BCUT2D eigenvalue weighted by Crippen LogP contribution is 2.30. The summed E-state index contributed by atoms with van der Waals surface area (Å²) in [6.07, 6.45) is 3.43. The third-order valence-corrected chi connectivity index (χ3v) is 5.75. The quantitative estimate of drug-likeness (QED) is 0.271. The molecule has 2 aromatic carbocycles. The number of rotatable bonds is 6. The van der Waals surface area contributed by atoms with Crippen LogP contribution in [0.4, 0.5) is 26.3 Å². The molecular weight excluding hydrogens is 444 g/mol. The molecule has 5 rings (SSSR count). The van der Waals surface area contributed by atoms with Gasteiger partial charge in [0.05, 0.1) is 16.3 Å².